The van der Waals surface area contributed by atoms with Gasteiger partial charge in [0, 0.05) is 35.5 Å². The van der Waals surface area contributed by atoms with E-state index in [9.17, 15) is 14.0 Å². The van der Waals surface area contributed by atoms with E-state index in [0.717, 1.165) is 4.90 Å². The standard InChI is InChI=1S/C23H25Cl2FN2O2S/c1-15(31-21-14-18(24)6-7-19(21)25)23(30)28-12-9-17(10-13-28)22(29)27-11-8-16-4-2-3-5-20(16)26/h2-7,14-15,17H,8-13H2,1H3,(H,27,29). The van der Waals surface area contributed by atoms with Crippen molar-refractivity contribution in [2.75, 3.05) is 19.6 Å². The van der Waals surface area contributed by atoms with E-state index in [4.69, 9.17) is 23.2 Å². The van der Waals surface area contributed by atoms with Gasteiger partial charge in [0.2, 0.25) is 11.8 Å². The van der Waals surface area contributed by atoms with E-state index >= 15 is 0 Å². The SMILES string of the molecule is CC(Sc1cc(Cl)ccc1Cl)C(=O)N1CCC(C(=O)NCCc2ccccc2F)CC1. The third-order valence-corrected chi connectivity index (χ3v) is 7.20. The molecule has 3 rings (SSSR count). The maximum Gasteiger partial charge on any atom is 0.235 e. The fourth-order valence-corrected chi connectivity index (χ4v) is 5.09. The molecule has 1 unspecified atom stereocenters. The number of hydrogen-bond donors (Lipinski definition) is 1. The van der Waals surface area contributed by atoms with E-state index in [1.54, 1.807) is 41.3 Å². The zero-order chi connectivity index (χ0) is 22.4. The van der Waals surface area contributed by atoms with Gasteiger partial charge in [-0.15, -0.1) is 11.8 Å². The molecule has 1 atom stereocenters. The van der Waals surface area contributed by atoms with Crippen molar-refractivity contribution in [2.45, 2.75) is 36.3 Å². The Morgan fingerprint density at radius 3 is 2.61 bits per heavy atom. The minimum Gasteiger partial charge on any atom is -0.356 e. The summed E-state index contributed by atoms with van der Waals surface area (Å²) in [6.07, 6.45) is 1.69. The van der Waals surface area contributed by atoms with E-state index in [1.807, 2.05) is 6.92 Å². The molecule has 1 aliphatic heterocycles. The first-order valence-electron chi connectivity index (χ1n) is 10.3. The number of amides is 2. The summed E-state index contributed by atoms with van der Waals surface area (Å²) >= 11 is 13.6. The van der Waals surface area contributed by atoms with Crippen LogP contribution in [0, 0.1) is 11.7 Å². The molecule has 4 nitrogen and oxygen atoms in total. The lowest BCUT2D eigenvalue weighted by Crippen LogP contribution is -2.45. The van der Waals surface area contributed by atoms with Crippen LogP contribution < -0.4 is 5.32 Å². The van der Waals surface area contributed by atoms with E-state index < -0.39 is 0 Å². The maximum absolute atomic E-state index is 13.7. The molecule has 8 heteroatoms. The number of rotatable bonds is 7. The lowest BCUT2D eigenvalue weighted by molar-refractivity contribution is -0.134. The van der Waals surface area contributed by atoms with Crippen molar-refractivity contribution >= 4 is 46.8 Å². The van der Waals surface area contributed by atoms with Gasteiger partial charge in [0.25, 0.3) is 0 Å². The van der Waals surface area contributed by atoms with Gasteiger partial charge in [0.1, 0.15) is 5.82 Å². The van der Waals surface area contributed by atoms with Crippen LogP contribution in [0.15, 0.2) is 47.4 Å². The molecule has 2 aromatic rings. The van der Waals surface area contributed by atoms with Crippen molar-refractivity contribution < 1.29 is 14.0 Å². The molecule has 0 aromatic heterocycles. The molecule has 2 aromatic carbocycles. The summed E-state index contributed by atoms with van der Waals surface area (Å²) in [4.78, 5) is 27.9. The van der Waals surface area contributed by atoms with Crippen LogP contribution in [0.3, 0.4) is 0 Å². The second kappa shape index (κ2) is 11.2. The number of nitrogens with one attached hydrogen (secondary N) is 1. The zero-order valence-corrected chi connectivity index (χ0v) is 19.6. The van der Waals surface area contributed by atoms with Gasteiger partial charge in [-0.25, -0.2) is 4.39 Å². The number of carbonyl (C=O) groups excluding carboxylic acids is 2. The van der Waals surface area contributed by atoms with Crippen LogP contribution in [0.4, 0.5) is 4.39 Å². The van der Waals surface area contributed by atoms with E-state index in [-0.39, 0.29) is 28.8 Å². The molecule has 31 heavy (non-hydrogen) atoms. The average molecular weight is 483 g/mol. The number of benzene rings is 2. The van der Waals surface area contributed by atoms with Crippen LogP contribution >= 0.6 is 35.0 Å². The van der Waals surface area contributed by atoms with E-state index in [0.29, 0.717) is 54.5 Å². The fourth-order valence-electron chi connectivity index (χ4n) is 3.59. The molecule has 0 aliphatic carbocycles. The Kier molecular flexibility index (Phi) is 8.64. The van der Waals surface area contributed by atoms with Gasteiger partial charge in [-0.3, -0.25) is 9.59 Å². The molecule has 1 N–H and O–H groups in total. The molecule has 1 saturated heterocycles. The Morgan fingerprint density at radius 2 is 1.90 bits per heavy atom. The molecular formula is C23H25Cl2FN2O2S. The lowest BCUT2D eigenvalue weighted by atomic mass is 9.95. The highest BCUT2D eigenvalue weighted by atomic mass is 35.5. The second-order valence-corrected chi connectivity index (χ2v) is 9.79. The summed E-state index contributed by atoms with van der Waals surface area (Å²) in [5.41, 5.74) is 0.592. The predicted octanol–water partition coefficient (Wildman–Crippen LogP) is 5.21. The summed E-state index contributed by atoms with van der Waals surface area (Å²) < 4.78 is 13.7. The molecule has 166 valence electrons. The molecule has 0 spiro atoms. The highest BCUT2D eigenvalue weighted by molar-refractivity contribution is 8.00. The molecule has 1 aliphatic rings. The van der Waals surface area contributed by atoms with Gasteiger partial charge in [-0.1, -0.05) is 41.4 Å². The molecule has 0 bridgehead atoms. The summed E-state index contributed by atoms with van der Waals surface area (Å²) in [5, 5.41) is 3.74. The minimum absolute atomic E-state index is 0.0273. The van der Waals surface area contributed by atoms with Crippen LogP contribution in [0.25, 0.3) is 0 Å². The van der Waals surface area contributed by atoms with Gasteiger partial charge < -0.3 is 10.2 Å². The highest BCUT2D eigenvalue weighted by Gasteiger charge is 2.29. The van der Waals surface area contributed by atoms with Gasteiger partial charge >= 0.3 is 0 Å². The second-order valence-electron chi connectivity index (χ2n) is 7.57. The molecule has 1 heterocycles. The Bertz CT molecular complexity index is 936. The third-order valence-electron chi connectivity index (χ3n) is 5.37. The summed E-state index contributed by atoms with van der Waals surface area (Å²) in [6, 6.07) is 11.8. The number of thioether (sulfide) groups is 1. The van der Waals surface area contributed by atoms with Crippen molar-refractivity contribution in [3.05, 3.63) is 63.9 Å². The molecule has 0 radical (unpaired) electrons. The number of halogens is 3. The monoisotopic (exact) mass is 482 g/mol. The molecule has 0 saturated carbocycles. The fraction of sp³-hybridized carbons (Fsp3) is 0.391. The van der Waals surface area contributed by atoms with Crippen LogP contribution in [0.5, 0.6) is 0 Å². The maximum atomic E-state index is 13.7. The van der Waals surface area contributed by atoms with Crippen LogP contribution in [-0.4, -0.2) is 41.6 Å². The first kappa shape index (κ1) is 23.9. The first-order valence-corrected chi connectivity index (χ1v) is 11.9. The number of piperidine rings is 1. The quantitative estimate of drug-likeness (QED) is 0.550. The topological polar surface area (TPSA) is 49.4 Å². The highest BCUT2D eigenvalue weighted by Crippen LogP contribution is 2.33. The number of nitrogens with zero attached hydrogens (tertiary/aromatic N) is 1. The summed E-state index contributed by atoms with van der Waals surface area (Å²) in [5.74, 6) is -0.388. The Balaban J connectivity index is 1.43. The average Bonchev–Trinajstić information content (AvgIpc) is 2.77. The normalized spacial score (nSPS) is 15.5. The van der Waals surface area contributed by atoms with Crippen LogP contribution in [-0.2, 0) is 16.0 Å². The summed E-state index contributed by atoms with van der Waals surface area (Å²) in [7, 11) is 0. The first-order chi connectivity index (χ1) is 14.8. The van der Waals surface area contributed by atoms with Gasteiger partial charge in [-0.2, -0.15) is 0 Å². The third kappa shape index (κ3) is 6.61. The van der Waals surface area contributed by atoms with Crippen LogP contribution in [0.2, 0.25) is 10.0 Å². The molecule has 1 fully saturated rings. The number of hydrogen-bond acceptors (Lipinski definition) is 3. The largest absolute Gasteiger partial charge is 0.356 e. The van der Waals surface area contributed by atoms with E-state index in [2.05, 4.69) is 5.32 Å². The van der Waals surface area contributed by atoms with Crippen molar-refractivity contribution in [3.63, 3.8) is 0 Å². The van der Waals surface area contributed by atoms with Crippen LogP contribution in [0.1, 0.15) is 25.3 Å². The van der Waals surface area contributed by atoms with Gasteiger partial charge in [-0.05, 0) is 56.0 Å². The van der Waals surface area contributed by atoms with Crippen molar-refractivity contribution in [3.8, 4) is 0 Å². The molecule has 2 amide bonds. The zero-order valence-electron chi connectivity index (χ0n) is 17.2. The van der Waals surface area contributed by atoms with Crippen molar-refractivity contribution in [1.82, 2.24) is 10.2 Å². The minimum atomic E-state index is -0.304. The van der Waals surface area contributed by atoms with Crippen molar-refractivity contribution in [1.29, 1.82) is 0 Å². The smallest absolute Gasteiger partial charge is 0.235 e. The number of likely N-dealkylation sites (tertiary alicyclic amines) is 1. The van der Waals surface area contributed by atoms with Gasteiger partial charge in [0.15, 0.2) is 0 Å². The Labute approximate surface area is 196 Å². The molecular weight excluding hydrogens is 458 g/mol. The summed E-state index contributed by atoms with van der Waals surface area (Å²) in [6.45, 7) is 3.33. The number of carbonyl (C=O) groups is 2. The van der Waals surface area contributed by atoms with E-state index in [1.165, 1.54) is 17.8 Å². The lowest BCUT2D eigenvalue weighted by Gasteiger charge is -2.33. The Hall–Kier alpha value is -1.76. The predicted molar refractivity (Wildman–Crippen MR) is 124 cm³/mol. The Morgan fingerprint density at radius 1 is 1.19 bits per heavy atom. The van der Waals surface area contributed by atoms with Gasteiger partial charge in [0.05, 0.1) is 10.3 Å². The van der Waals surface area contributed by atoms with Crippen molar-refractivity contribution in [2.24, 2.45) is 5.92 Å².